The molecule has 0 radical (unpaired) electrons. The van der Waals surface area contributed by atoms with Crippen LogP contribution < -0.4 is 15.4 Å². The molecular formula is C13H17N3O5. The average Bonchev–Trinajstić information content (AvgIpc) is 2.89. The van der Waals surface area contributed by atoms with Crippen molar-refractivity contribution in [2.24, 2.45) is 5.92 Å². The molecule has 1 amide bonds. The van der Waals surface area contributed by atoms with Crippen molar-refractivity contribution in [3.05, 3.63) is 33.9 Å². The van der Waals surface area contributed by atoms with E-state index in [2.05, 4.69) is 10.6 Å². The van der Waals surface area contributed by atoms with E-state index in [9.17, 15) is 20.0 Å². The first kappa shape index (κ1) is 15.2. The second-order valence-electron chi connectivity index (χ2n) is 4.84. The van der Waals surface area contributed by atoms with Gasteiger partial charge < -0.3 is 20.5 Å². The Morgan fingerprint density at radius 3 is 2.90 bits per heavy atom. The lowest BCUT2D eigenvalue weighted by molar-refractivity contribution is -0.385. The van der Waals surface area contributed by atoms with Crippen molar-refractivity contribution in [1.29, 1.82) is 0 Å². The van der Waals surface area contributed by atoms with Gasteiger partial charge in [0.2, 0.25) is 0 Å². The molecular weight excluding hydrogens is 278 g/mol. The van der Waals surface area contributed by atoms with E-state index in [1.165, 1.54) is 25.3 Å². The minimum atomic E-state index is -0.568. The summed E-state index contributed by atoms with van der Waals surface area (Å²) in [5.41, 5.74) is 0.0855. The van der Waals surface area contributed by atoms with Gasteiger partial charge >= 0.3 is 5.69 Å². The van der Waals surface area contributed by atoms with Gasteiger partial charge in [-0.15, -0.1) is 0 Å². The highest BCUT2D eigenvalue weighted by molar-refractivity contribution is 5.95. The van der Waals surface area contributed by atoms with Crippen molar-refractivity contribution in [1.82, 2.24) is 10.6 Å². The van der Waals surface area contributed by atoms with E-state index in [4.69, 9.17) is 4.74 Å². The third-order valence-electron chi connectivity index (χ3n) is 3.47. The Balaban J connectivity index is 2.03. The van der Waals surface area contributed by atoms with Crippen molar-refractivity contribution >= 4 is 11.6 Å². The fourth-order valence-corrected chi connectivity index (χ4v) is 2.22. The Labute approximate surface area is 121 Å². The highest BCUT2D eigenvalue weighted by Gasteiger charge is 2.25. The number of methoxy groups -OCH3 is 1. The molecule has 1 saturated heterocycles. The zero-order chi connectivity index (χ0) is 15.4. The van der Waals surface area contributed by atoms with E-state index < -0.39 is 11.0 Å². The predicted molar refractivity (Wildman–Crippen MR) is 74.3 cm³/mol. The molecule has 1 heterocycles. The zero-order valence-corrected chi connectivity index (χ0v) is 11.5. The van der Waals surface area contributed by atoms with Crippen molar-refractivity contribution in [3.8, 4) is 5.75 Å². The molecule has 1 aliphatic heterocycles. The smallest absolute Gasteiger partial charge is 0.310 e. The summed E-state index contributed by atoms with van der Waals surface area (Å²) in [6.45, 7) is 1.50. The van der Waals surface area contributed by atoms with Crippen molar-refractivity contribution in [2.45, 2.75) is 6.10 Å². The van der Waals surface area contributed by atoms with Crippen LogP contribution in [0.3, 0.4) is 0 Å². The number of carbonyl (C=O) groups excluding carboxylic acids is 1. The van der Waals surface area contributed by atoms with Gasteiger partial charge in [0.05, 0.1) is 18.1 Å². The predicted octanol–water partition coefficient (Wildman–Crippen LogP) is -0.0865. The van der Waals surface area contributed by atoms with Gasteiger partial charge in [0.25, 0.3) is 5.91 Å². The second-order valence-corrected chi connectivity index (χ2v) is 4.84. The number of β-amino-alcohol motifs (C(OH)–C–C–N with tert-alkyl or cyclic N) is 1. The van der Waals surface area contributed by atoms with Crippen LogP contribution in [0.2, 0.25) is 0 Å². The van der Waals surface area contributed by atoms with E-state index in [0.717, 1.165) is 0 Å². The number of aliphatic hydroxyl groups is 1. The summed E-state index contributed by atoms with van der Waals surface area (Å²) < 4.78 is 4.92. The maximum atomic E-state index is 12.0. The molecule has 2 rings (SSSR count). The standard InChI is InChI=1S/C13H17N3O5/c1-21-12-4-8(2-3-10(12)16(19)20)13(18)15-6-9-5-14-7-11(9)17/h2-4,9,11,14,17H,5-7H2,1H3,(H,15,18). The van der Waals surface area contributed by atoms with Gasteiger partial charge in [0, 0.05) is 43.2 Å². The van der Waals surface area contributed by atoms with Crippen LogP contribution in [0.4, 0.5) is 5.69 Å². The molecule has 1 aromatic rings. The molecule has 8 heteroatoms. The molecule has 3 N–H and O–H groups in total. The molecule has 2 unspecified atom stereocenters. The number of rotatable bonds is 5. The molecule has 1 aliphatic rings. The second kappa shape index (κ2) is 6.51. The quantitative estimate of drug-likeness (QED) is 0.517. The lowest BCUT2D eigenvalue weighted by atomic mass is 10.1. The number of aliphatic hydroxyl groups excluding tert-OH is 1. The first-order valence-electron chi connectivity index (χ1n) is 6.52. The van der Waals surface area contributed by atoms with Crippen LogP contribution in [0, 0.1) is 16.0 Å². The monoisotopic (exact) mass is 295 g/mol. The zero-order valence-electron chi connectivity index (χ0n) is 11.5. The average molecular weight is 295 g/mol. The Hall–Kier alpha value is -2.19. The number of nitrogens with one attached hydrogen (secondary N) is 2. The van der Waals surface area contributed by atoms with E-state index in [0.29, 0.717) is 19.6 Å². The number of nitro groups is 1. The summed E-state index contributed by atoms with van der Waals surface area (Å²) in [5, 5.41) is 26.2. The SMILES string of the molecule is COc1cc(C(=O)NCC2CNCC2O)ccc1[N+](=O)[O-]. The third kappa shape index (κ3) is 3.47. The van der Waals surface area contributed by atoms with Crippen LogP contribution in [0.15, 0.2) is 18.2 Å². The van der Waals surface area contributed by atoms with Crippen molar-refractivity contribution in [3.63, 3.8) is 0 Å². The van der Waals surface area contributed by atoms with E-state index in [1.54, 1.807) is 0 Å². The maximum absolute atomic E-state index is 12.0. The molecule has 0 aromatic heterocycles. The number of ether oxygens (including phenoxy) is 1. The van der Waals surface area contributed by atoms with Gasteiger partial charge in [0.15, 0.2) is 5.75 Å². The highest BCUT2D eigenvalue weighted by atomic mass is 16.6. The number of carbonyl (C=O) groups is 1. The lowest BCUT2D eigenvalue weighted by Gasteiger charge is -2.14. The number of amides is 1. The molecule has 0 aliphatic carbocycles. The topological polar surface area (TPSA) is 114 Å². The Morgan fingerprint density at radius 2 is 2.33 bits per heavy atom. The van der Waals surface area contributed by atoms with Crippen LogP contribution in [0.1, 0.15) is 10.4 Å². The van der Waals surface area contributed by atoms with E-state index in [1.807, 2.05) is 0 Å². The fraction of sp³-hybridized carbons (Fsp3) is 0.462. The Morgan fingerprint density at radius 1 is 1.57 bits per heavy atom. The van der Waals surface area contributed by atoms with Gasteiger partial charge in [-0.1, -0.05) is 0 Å². The normalized spacial score (nSPS) is 21.0. The summed E-state index contributed by atoms with van der Waals surface area (Å²) in [7, 11) is 1.31. The summed E-state index contributed by atoms with van der Waals surface area (Å²) in [6.07, 6.45) is -0.475. The van der Waals surface area contributed by atoms with Crippen LogP contribution in [-0.2, 0) is 0 Å². The number of nitro benzene ring substituents is 1. The van der Waals surface area contributed by atoms with Crippen LogP contribution >= 0.6 is 0 Å². The summed E-state index contributed by atoms with van der Waals surface area (Å²) in [6, 6.07) is 3.94. The molecule has 2 atom stereocenters. The molecule has 0 saturated carbocycles. The summed E-state index contributed by atoms with van der Waals surface area (Å²) >= 11 is 0. The fourth-order valence-electron chi connectivity index (χ4n) is 2.22. The van der Waals surface area contributed by atoms with Crippen molar-refractivity contribution in [2.75, 3.05) is 26.7 Å². The first-order valence-corrected chi connectivity index (χ1v) is 6.52. The highest BCUT2D eigenvalue weighted by Crippen LogP contribution is 2.27. The molecule has 21 heavy (non-hydrogen) atoms. The Bertz CT molecular complexity index is 549. The molecule has 0 spiro atoms. The lowest BCUT2D eigenvalue weighted by Crippen LogP contribution is -2.34. The maximum Gasteiger partial charge on any atom is 0.310 e. The minimum Gasteiger partial charge on any atom is -0.490 e. The Kier molecular flexibility index (Phi) is 4.71. The van der Waals surface area contributed by atoms with E-state index >= 15 is 0 Å². The van der Waals surface area contributed by atoms with Gasteiger partial charge in [-0.3, -0.25) is 14.9 Å². The number of benzene rings is 1. The number of hydrogen-bond acceptors (Lipinski definition) is 6. The largest absolute Gasteiger partial charge is 0.490 e. The van der Waals surface area contributed by atoms with E-state index in [-0.39, 0.29) is 28.8 Å². The first-order chi connectivity index (χ1) is 10.0. The van der Waals surface area contributed by atoms with Crippen molar-refractivity contribution < 1.29 is 19.6 Å². The van der Waals surface area contributed by atoms with Crippen LogP contribution in [0.5, 0.6) is 5.75 Å². The van der Waals surface area contributed by atoms with Crippen LogP contribution in [-0.4, -0.2) is 48.8 Å². The van der Waals surface area contributed by atoms with Crippen LogP contribution in [0.25, 0.3) is 0 Å². The molecule has 1 fully saturated rings. The minimum absolute atomic E-state index is 0.0334. The summed E-state index contributed by atoms with van der Waals surface area (Å²) in [4.78, 5) is 22.2. The summed E-state index contributed by atoms with van der Waals surface area (Å²) in [5.74, 6) is -0.355. The third-order valence-corrected chi connectivity index (χ3v) is 3.47. The van der Waals surface area contributed by atoms with Gasteiger partial charge in [-0.25, -0.2) is 0 Å². The molecule has 8 nitrogen and oxygen atoms in total. The van der Waals surface area contributed by atoms with Gasteiger partial charge in [0.1, 0.15) is 0 Å². The van der Waals surface area contributed by atoms with Gasteiger partial charge in [-0.05, 0) is 6.07 Å². The number of nitrogens with zero attached hydrogens (tertiary/aromatic N) is 1. The molecule has 1 aromatic carbocycles. The molecule has 114 valence electrons. The van der Waals surface area contributed by atoms with Gasteiger partial charge in [-0.2, -0.15) is 0 Å². The molecule has 0 bridgehead atoms. The number of hydrogen-bond donors (Lipinski definition) is 3.